The van der Waals surface area contributed by atoms with Gasteiger partial charge >= 0.3 is 0 Å². The van der Waals surface area contributed by atoms with Gasteiger partial charge in [0.1, 0.15) is 0 Å². The number of nitrogens with one attached hydrogen (secondary N) is 1. The maximum Gasteiger partial charge on any atom is 0.213 e. The van der Waals surface area contributed by atoms with Crippen LogP contribution in [0, 0.1) is 5.92 Å². The molecule has 5 heteroatoms. The number of rotatable bonds is 6. The van der Waals surface area contributed by atoms with Crippen molar-refractivity contribution in [3.05, 3.63) is 0 Å². The summed E-state index contributed by atoms with van der Waals surface area (Å²) >= 11 is 5.96. The smallest absolute Gasteiger partial charge is 0.213 e. The molecule has 0 saturated carbocycles. The minimum atomic E-state index is -3.16. The topological polar surface area (TPSA) is 46.2 Å². The summed E-state index contributed by atoms with van der Waals surface area (Å²) in [4.78, 5) is 0. The molecule has 0 aliphatic rings. The van der Waals surface area contributed by atoms with E-state index in [4.69, 9.17) is 11.6 Å². The summed E-state index contributed by atoms with van der Waals surface area (Å²) in [7, 11) is -3.16. The molecule has 86 valence electrons. The minimum Gasteiger partial charge on any atom is -0.214 e. The Balaban J connectivity index is 3.95. The van der Waals surface area contributed by atoms with E-state index in [-0.39, 0.29) is 5.38 Å². The molecule has 0 aromatic carbocycles. The van der Waals surface area contributed by atoms with E-state index in [1.165, 1.54) is 0 Å². The Morgan fingerprint density at radius 2 is 1.71 bits per heavy atom. The highest BCUT2D eigenvalue weighted by atomic mass is 35.5. The van der Waals surface area contributed by atoms with Gasteiger partial charge in [0.05, 0.1) is 5.25 Å². The first-order valence-electron chi connectivity index (χ1n) is 4.88. The van der Waals surface area contributed by atoms with Crippen molar-refractivity contribution in [2.75, 3.05) is 6.54 Å². The molecule has 1 unspecified atom stereocenters. The monoisotopic (exact) mass is 241 g/mol. The van der Waals surface area contributed by atoms with Crippen molar-refractivity contribution in [3.63, 3.8) is 0 Å². The van der Waals surface area contributed by atoms with Crippen molar-refractivity contribution < 1.29 is 8.42 Å². The number of hydrogen-bond acceptors (Lipinski definition) is 2. The molecule has 0 radical (unpaired) electrons. The van der Waals surface area contributed by atoms with Crippen LogP contribution < -0.4 is 4.72 Å². The highest BCUT2D eigenvalue weighted by Gasteiger charge is 2.17. The zero-order chi connectivity index (χ0) is 11.4. The SMILES string of the molecule is CC(C)CC(Cl)CNS(=O)(=O)C(C)C. The first kappa shape index (κ1) is 14.2. The predicted molar refractivity (Wildman–Crippen MR) is 61.2 cm³/mol. The molecule has 0 aliphatic carbocycles. The third kappa shape index (κ3) is 5.83. The molecule has 0 bridgehead atoms. The Labute approximate surface area is 92.3 Å². The second-order valence-corrected chi connectivity index (χ2v) is 7.11. The van der Waals surface area contributed by atoms with E-state index < -0.39 is 15.3 Å². The van der Waals surface area contributed by atoms with E-state index in [2.05, 4.69) is 18.6 Å². The maximum atomic E-state index is 11.4. The Bertz CT molecular complexity index is 250. The molecule has 0 aromatic rings. The number of alkyl halides is 1. The summed E-state index contributed by atoms with van der Waals surface area (Å²) < 4.78 is 25.2. The molecular weight excluding hydrogens is 222 g/mol. The van der Waals surface area contributed by atoms with Gasteiger partial charge in [0.2, 0.25) is 10.0 Å². The predicted octanol–water partition coefficient (Wildman–Crippen LogP) is 1.97. The highest BCUT2D eigenvalue weighted by Crippen LogP contribution is 2.10. The van der Waals surface area contributed by atoms with Crippen LogP contribution >= 0.6 is 11.6 Å². The maximum absolute atomic E-state index is 11.4. The summed E-state index contributed by atoms with van der Waals surface area (Å²) in [6.45, 7) is 7.74. The molecule has 0 heterocycles. The summed E-state index contributed by atoms with van der Waals surface area (Å²) in [5.74, 6) is 0.487. The number of halogens is 1. The van der Waals surface area contributed by atoms with Crippen molar-refractivity contribution in [2.45, 2.75) is 44.7 Å². The van der Waals surface area contributed by atoms with Gasteiger partial charge < -0.3 is 0 Å². The molecule has 0 aromatic heterocycles. The van der Waals surface area contributed by atoms with Crippen LogP contribution in [0.25, 0.3) is 0 Å². The average molecular weight is 242 g/mol. The Hall–Kier alpha value is 0.200. The molecule has 14 heavy (non-hydrogen) atoms. The van der Waals surface area contributed by atoms with E-state index in [0.717, 1.165) is 6.42 Å². The van der Waals surface area contributed by atoms with Gasteiger partial charge in [-0.15, -0.1) is 11.6 Å². The molecule has 0 saturated heterocycles. The minimum absolute atomic E-state index is 0.122. The lowest BCUT2D eigenvalue weighted by Gasteiger charge is -2.14. The Morgan fingerprint density at radius 1 is 1.21 bits per heavy atom. The van der Waals surface area contributed by atoms with Gasteiger partial charge in [0.25, 0.3) is 0 Å². The highest BCUT2D eigenvalue weighted by molar-refractivity contribution is 7.90. The molecule has 0 spiro atoms. The van der Waals surface area contributed by atoms with Gasteiger partial charge in [-0.05, 0) is 26.2 Å². The van der Waals surface area contributed by atoms with Gasteiger partial charge in [0.15, 0.2) is 0 Å². The Kier molecular flexibility index (Phi) is 6.02. The van der Waals surface area contributed by atoms with Gasteiger partial charge in [-0.25, -0.2) is 13.1 Å². The molecule has 0 aliphatic heterocycles. The summed E-state index contributed by atoms with van der Waals surface area (Å²) in [6, 6.07) is 0. The van der Waals surface area contributed by atoms with Gasteiger partial charge in [0, 0.05) is 11.9 Å². The standard InChI is InChI=1S/C9H20ClNO2S/c1-7(2)5-9(10)6-11-14(12,13)8(3)4/h7-9,11H,5-6H2,1-4H3. The van der Waals surface area contributed by atoms with Crippen LogP contribution in [0.3, 0.4) is 0 Å². The van der Waals surface area contributed by atoms with E-state index in [1.807, 2.05) is 0 Å². The van der Waals surface area contributed by atoms with Crippen LogP contribution in [0.1, 0.15) is 34.1 Å². The van der Waals surface area contributed by atoms with Crippen molar-refractivity contribution in [3.8, 4) is 0 Å². The van der Waals surface area contributed by atoms with E-state index >= 15 is 0 Å². The lowest BCUT2D eigenvalue weighted by molar-refractivity contribution is 0.541. The second kappa shape index (κ2) is 5.93. The van der Waals surface area contributed by atoms with Gasteiger partial charge in [-0.2, -0.15) is 0 Å². The van der Waals surface area contributed by atoms with E-state index in [9.17, 15) is 8.42 Å². The number of sulfonamides is 1. The molecule has 1 atom stereocenters. The zero-order valence-electron chi connectivity index (χ0n) is 9.25. The van der Waals surface area contributed by atoms with Crippen LogP contribution in [0.15, 0.2) is 0 Å². The third-order valence-electron chi connectivity index (χ3n) is 1.85. The fraction of sp³-hybridized carbons (Fsp3) is 1.00. The summed E-state index contributed by atoms with van der Waals surface area (Å²) in [5, 5.41) is -0.519. The van der Waals surface area contributed by atoms with Crippen LogP contribution in [-0.4, -0.2) is 25.6 Å². The van der Waals surface area contributed by atoms with Crippen molar-refractivity contribution >= 4 is 21.6 Å². The molecule has 1 N–H and O–H groups in total. The number of hydrogen-bond donors (Lipinski definition) is 1. The summed E-state index contributed by atoms with van der Waals surface area (Å²) in [5.41, 5.74) is 0. The first-order chi connectivity index (χ1) is 6.25. The van der Waals surface area contributed by atoms with Crippen LogP contribution in [-0.2, 0) is 10.0 Å². The second-order valence-electron chi connectivity index (χ2n) is 4.17. The van der Waals surface area contributed by atoms with Crippen molar-refractivity contribution in [1.29, 1.82) is 0 Å². The normalized spacial score (nSPS) is 15.1. The van der Waals surface area contributed by atoms with E-state index in [0.29, 0.717) is 12.5 Å². The molecule has 0 rings (SSSR count). The summed E-state index contributed by atoms with van der Waals surface area (Å²) in [6.07, 6.45) is 0.822. The lowest BCUT2D eigenvalue weighted by Crippen LogP contribution is -2.35. The van der Waals surface area contributed by atoms with Crippen LogP contribution in [0.2, 0.25) is 0 Å². The largest absolute Gasteiger partial charge is 0.214 e. The first-order valence-corrected chi connectivity index (χ1v) is 6.86. The third-order valence-corrected chi connectivity index (χ3v) is 4.00. The van der Waals surface area contributed by atoms with Gasteiger partial charge in [-0.1, -0.05) is 13.8 Å². The molecular formula is C9H20ClNO2S. The Morgan fingerprint density at radius 3 is 2.07 bits per heavy atom. The molecule has 3 nitrogen and oxygen atoms in total. The molecule has 0 fully saturated rings. The molecule has 0 amide bonds. The van der Waals surface area contributed by atoms with E-state index in [1.54, 1.807) is 13.8 Å². The average Bonchev–Trinajstić information content (AvgIpc) is 1.99. The van der Waals surface area contributed by atoms with Gasteiger partial charge in [-0.3, -0.25) is 0 Å². The lowest BCUT2D eigenvalue weighted by atomic mass is 10.1. The van der Waals surface area contributed by atoms with Crippen molar-refractivity contribution in [1.82, 2.24) is 4.72 Å². The fourth-order valence-corrected chi connectivity index (χ4v) is 2.26. The van der Waals surface area contributed by atoms with Crippen LogP contribution in [0.4, 0.5) is 0 Å². The zero-order valence-corrected chi connectivity index (χ0v) is 10.8. The van der Waals surface area contributed by atoms with Crippen molar-refractivity contribution in [2.24, 2.45) is 5.92 Å². The van der Waals surface area contributed by atoms with Crippen LogP contribution in [0.5, 0.6) is 0 Å². The quantitative estimate of drug-likeness (QED) is 0.723. The fourth-order valence-electron chi connectivity index (χ4n) is 0.968.